The summed E-state index contributed by atoms with van der Waals surface area (Å²) in [5.41, 5.74) is 6.79. The average molecular weight is 198 g/mol. The zero-order chi connectivity index (χ0) is 9.26. The van der Waals surface area contributed by atoms with Crippen LogP contribution in [-0.4, -0.2) is 11.5 Å². The summed E-state index contributed by atoms with van der Waals surface area (Å²) in [5.74, 6) is 0.587. The molecule has 1 aliphatic heterocycles. The second-order valence-electron chi connectivity index (χ2n) is 3.28. The molecule has 1 aromatic rings. The summed E-state index contributed by atoms with van der Waals surface area (Å²) in [6, 6.07) is 2.23. The van der Waals surface area contributed by atoms with E-state index in [0.29, 0.717) is 16.9 Å². The number of aromatic nitrogens is 1. The third-order valence-corrected chi connectivity index (χ3v) is 2.56. The molecule has 0 unspecified atom stereocenters. The van der Waals surface area contributed by atoms with Crippen molar-refractivity contribution >= 4 is 17.4 Å². The Hall–Kier alpha value is -0.800. The first-order valence-electron chi connectivity index (χ1n) is 4.41. The van der Waals surface area contributed by atoms with Gasteiger partial charge in [-0.15, -0.1) is 0 Å². The van der Waals surface area contributed by atoms with Crippen LogP contribution in [-0.2, 0) is 0 Å². The minimum absolute atomic E-state index is 0.339. The molecule has 1 aliphatic rings. The van der Waals surface area contributed by atoms with Crippen molar-refractivity contribution in [2.75, 3.05) is 12.3 Å². The Balaban J connectivity index is 2.32. The van der Waals surface area contributed by atoms with Crippen LogP contribution in [0.4, 0.5) is 5.82 Å². The summed E-state index contributed by atoms with van der Waals surface area (Å²) < 4.78 is 0. The normalized spacial score (nSPS) is 22.1. The van der Waals surface area contributed by atoms with Gasteiger partial charge in [0.05, 0.1) is 5.02 Å². The largest absolute Gasteiger partial charge is 0.383 e. The number of nitrogen functional groups attached to an aromatic ring is 1. The van der Waals surface area contributed by atoms with Crippen LogP contribution in [0.25, 0.3) is 0 Å². The summed E-state index contributed by atoms with van der Waals surface area (Å²) in [6.07, 6.45) is 3.89. The van der Waals surface area contributed by atoms with Crippen LogP contribution >= 0.6 is 11.6 Å². The fourth-order valence-corrected chi connectivity index (χ4v) is 1.86. The van der Waals surface area contributed by atoms with Crippen molar-refractivity contribution in [1.29, 1.82) is 0 Å². The standard InChI is InChI=1S/C9H12ClN3/c10-6-4-7(9(11)13-5-6)8-2-1-3-12-8/h4-5,8,12H,1-3H2,(H2,11,13)/t8-/m1/s1. The number of nitrogens with one attached hydrogen (secondary N) is 1. The van der Waals surface area contributed by atoms with E-state index in [0.717, 1.165) is 18.5 Å². The third-order valence-electron chi connectivity index (χ3n) is 2.35. The van der Waals surface area contributed by atoms with Crippen LogP contribution in [0.1, 0.15) is 24.4 Å². The molecule has 70 valence electrons. The maximum Gasteiger partial charge on any atom is 0.128 e. The first-order chi connectivity index (χ1) is 6.27. The summed E-state index contributed by atoms with van der Waals surface area (Å²) in [6.45, 7) is 1.05. The number of hydrogen-bond acceptors (Lipinski definition) is 3. The molecule has 2 rings (SSSR count). The lowest BCUT2D eigenvalue weighted by molar-refractivity contribution is 0.647. The van der Waals surface area contributed by atoms with Crippen LogP contribution < -0.4 is 11.1 Å². The Labute approximate surface area is 82.3 Å². The van der Waals surface area contributed by atoms with Gasteiger partial charge in [-0.05, 0) is 25.5 Å². The van der Waals surface area contributed by atoms with Gasteiger partial charge in [-0.25, -0.2) is 4.98 Å². The van der Waals surface area contributed by atoms with E-state index >= 15 is 0 Å². The van der Waals surface area contributed by atoms with Gasteiger partial charge in [-0.3, -0.25) is 0 Å². The number of pyridine rings is 1. The van der Waals surface area contributed by atoms with Crippen molar-refractivity contribution in [1.82, 2.24) is 10.3 Å². The molecule has 1 saturated heterocycles. The topological polar surface area (TPSA) is 50.9 Å². The van der Waals surface area contributed by atoms with Crippen molar-refractivity contribution in [2.45, 2.75) is 18.9 Å². The van der Waals surface area contributed by atoms with Gasteiger partial charge in [0, 0.05) is 17.8 Å². The predicted molar refractivity (Wildman–Crippen MR) is 53.6 cm³/mol. The maximum atomic E-state index is 5.85. The van der Waals surface area contributed by atoms with Crippen LogP contribution in [0.5, 0.6) is 0 Å². The zero-order valence-electron chi connectivity index (χ0n) is 7.26. The van der Waals surface area contributed by atoms with Crippen molar-refractivity contribution in [3.8, 4) is 0 Å². The van der Waals surface area contributed by atoms with E-state index in [1.54, 1.807) is 6.20 Å². The fourth-order valence-electron chi connectivity index (χ4n) is 1.69. The highest BCUT2D eigenvalue weighted by molar-refractivity contribution is 6.30. The molecule has 4 heteroatoms. The van der Waals surface area contributed by atoms with Gasteiger partial charge >= 0.3 is 0 Å². The summed E-state index contributed by atoms with van der Waals surface area (Å²) in [7, 11) is 0. The van der Waals surface area contributed by atoms with E-state index in [4.69, 9.17) is 17.3 Å². The monoisotopic (exact) mass is 197 g/mol. The number of halogens is 1. The molecule has 1 atom stereocenters. The number of hydrogen-bond donors (Lipinski definition) is 2. The van der Waals surface area contributed by atoms with Crippen molar-refractivity contribution < 1.29 is 0 Å². The lowest BCUT2D eigenvalue weighted by Gasteiger charge is -2.12. The van der Waals surface area contributed by atoms with Crippen molar-refractivity contribution in [2.24, 2.45) is 0 Å². The average Bonchev–Trinajstić information content (AvgIpc) is 2.61. The lowest BCUT2D eigenvalue weighted by atomic mass is 10.1. The van der Waals surface area contributed by atoms with Crippen molar-refractivity contribution in [3.05, 3.63) is 22.8 Å². The zero-order valence-corrected chi connectivity index (χ0v) is 8.01. The Bertz CT molecular complexity index is 308. The molecule has 1 fully saturated rings. The van der Waals surface area contributed by atoms with Gasteiger partial charge in [-0.2, -0.15) is 0 Å². The fraction of sp³-hybridized carbons (Fsp3) is 0.444. The quantitative estimate of drug-likeness (QED) is 0.721. The molecule has 0 aromatic carbocycles. The van der Waals surface area contributed by atoms with Crippen LogP contribution in [0, 0.1) is 0 Å². The van der Waals surface area contributed by atoms with Gasteiger partial charge in [-0.1, -0.05) is 11.6 Å². The van der Waals surface area contributed by atoms with Gasteiger partial charge < -0.3 is 11.1 Å². The van der Waals surface area contributed by atoms with E-state index in [2.05, 4.69) is 10.3 Å². The molecule has 0 spiro atoms. The van der Waals surface area contributed by atoms with E-state index < -0.39 is 0 Å². The number of rotatable bonds is 1. The van der Waals surface area contributed by atoms with Gasteiger partial charge in [0.25, 0.3) is 0 Å². The predicted octanol–water partition coefficient (Wildman–Crippen LogP) is 1.74. The molecular weight excluding hydrogens is 186 g/mol. The van der Waals surface area contributed by atoms with Crippen molar-refractivity contribution in [3.63, 3.8) is 0 Å². The molecule has 3 nitrogen and oxygen atoms in total. The Morgan fingerprint density at radius 2 is 2.46 bits per heavy atom. The minimum atomic E-state index is 0.339. The van der Waals surface area contributed by atoms with Crippen LogP contribution in [0.2, 0.25) is 5.02 Å². The van der Waals surface area contributed by atoms with E-state index in [1.807, 2.05) is 6.07 Å². The second kappa shape index (κ2) is 3.52. The highest BCUT2D eigenvalue weighted by Gasteiger charge is 2.19. The lowest BCUT2D eigenvalue weighted by Crippen LogP contribution is -2.15. The molecule has 2 heterocycles. The number of nitrogens with zero attached hydrogens (tertiary/aromatic N) is 1. The molecule has 0 bridgehead atoms. The molecule has 3 N–H and O–H groups in total. The van der Waals surface area contributed by atoms with E-state index in [-0.39, 0.29) is 0 Å². The number of nitrogens with two attached hydrogens (primary N) is 1. The summed E-state index contributed by atoms with van der Waals surface area (Å²) in [4.78, 5) is 4.03. The Morgan fingerprint density at radius 3 is 3.15 bits per heavy atom. The molecule has 1 aromatic heterocycles. The number of anilines is 1. The molecule has 0 saturated carbocycles. The van der Waals surface area contributed by atoms with Gasteiger partial charge in [0.15, 0.2) is 0 Å². The SMILES string of the molecule is Nc1ncc(Cl)cc1[C@H]1CCCN1. The molecular formula is C9H12ClN3. The first kappa shape index (κ1) is 8.78. The molecule has 13 heavy (non-hydrogen) atoms. The highest BCUT2D eigenvalue weighted by atomic mass is 35.5. The second-order valence-corrected chi connectivity index (χ2v) is 3.71. The summed E-state index contributed by atoms with van der Waals surface area (Å²) in [5, 5.41) is 4.01. The molecule has 0 aliphatic carbocycles. The Morgan fingerprint density at radius 1 is 1.62 bits per heavy atom. The van der Waals surface area contributed by atoms with E-state index in [1.165, 1.54) is 6.42 Å². The smallest absolute Gasteiger partial charge is 0.128 e. The van der Waals surface area contributed by atoms with Crippen LogP contribution in [0.3, 0.4) is 0 Å². The van der Waals surface area contributed by atoms with Gasteiger partial charge in [0.1, 0.15) is 5.82 Å². The minimum Gasteiger partial charge on any atom is -0.383 e. The maximum absolute atomic E-state index is 5.85. The van der Waals surface area contributed by atoms with Gasteiger partial charge in [0.2, 0.25) is 0 Å². The van der Waals surface area contributed by atoms with Crippen LogP contribution in [0.15, 0.2) is 12.3 Å². The highest BCUT2D eigenvalue weighted by Crippen LogP contribution is 2.28. The molecule has 0 radical (unpaired) electrons. The Kier molecular flexibility index (Phi) is 2.38. The molecule has 0 amide bonds. The first-order valence-corrected chi connectivity index (χ1v) is 4.79. The summed E-state index contributed by atoms with van der Waals surface area (Å²) >= 11 is 5.85. The van der Waals surface area contributed by atoms with E-state index in [9.17, 15) is 0 Å². The third kappa shape index (κ3) is 1.76.